The Labute approximate surface area is 220 Å². The number of hydrogen-bond donors (Lipinski definition) is 2. The summed E-state index contributed by atoms with van der Waals surface area (Å²) in [6.45, 7) is 10.3. The minimum atomic E-state index is -0.567. The minimum Gasteiger partial charge on any atom is -0.340 e. The summed E-state index contributed by atoms with van der Waals surface area (Å²) in [4.78, 5) is 30.7. The van der Waals surface area contributed by atoms with Gasteiger partial charge in [0.2, 0.25) is 5.91 Å². The first-order chi connectivity index (χ1) is 17.9. The zero-order valence-electron chi connectivity index (χ0n) is 22.2. The van der Waals surface area contributed by atoms with Crippen molar-refractivity contribution in [2.45, 2.75) is 64.1 Å². The van der Waals surface area contributed by atoms with Crippen LogP contribution in [0.1, 0.15) is 66.1 Å². The van der Waals surface area contributed by atoms with E-state index in [-0.39, 0.29) is 11.8 Å². The largest absolute Gasteiger partial charge is 0.340 e. The van der Waals surface area contributed by atoms with E-state index in [2.05, 4.69) is 66.6 Å². The lowest BCUT2D eigenvalue weighted by Gasteiger charge is -2.38. The fraction of sp³-hybridized carbons (Fsp3) is 0.500. The third kappa shape index (κ3) is 7.18. The second-order valence-corrected chi connectivity index (χ2v) is 10.6. The summed E-state index contributed by atoms with van der Waals surface area (Å²) in [7, 11) is 0. The number of carbonyl (C=O) groups is 2. The van der Waals surface area contributed by atoms with E-state index in [1.807, 2.05) is 4.90 Å². The molecule has 2 fully saturated rings. The monoisotopic (exact) mass is 501 g/mol. The normalized spacial score (nSPS) is 20.4. The van der Waals surface area contributed by atoms with Gasteiger partial charge in [-0.25, -0.2) is 0 Å². The van der Waals surface area contributed by atoms with Crippen LogP contribution in [-0.4, -0.2) is 72.5 Å². The van der Waals surface area contributed by atoms with Gasteiger partial charge in [0, 0.05) is 49.7 Å². The maximum Gasteiger partial charge on any atom is 0.251 e. The van der Waals surface area contributed by atoms with Crippen molar-refractivity contribution in [3.8, 4) is 6.07 Å². The summed E-state index contributed by atoms with van der Waals surface area (Å²) in [6.07, 6.45) is 2.52. The molecule has 0 bridgehead atoms. The molecule has 0 radical (unpaired) electrons. The number of nitriles is 1. The lowest BCUT2D eigenvalue weighted by molar-refractivity contribution is -0.135. The quantitative estimate of drug-likeness (QED) is 0.487. The number of rotatable bonds is 10. The van der Waals surface area contributed by atoms with E-state index in [4.69, 9.17) is 5.26 Å². The van der Waals surface area contributed by atoms with Crippen LogP contribution in [0.4, 0.5) is 0 Å². The van der Waals surface area contributed by atoms with Crippen molar-refractivity contribution in [1.82, 2.24) is 20.4 Å². The summed E-state index contributed by atoms with van der Waals surface area (Å²) in [6, 6.07) is 17.7. The average Bonchev–Trinajstić information content (AvgIpc) is 3.70. The van der Waals surface area contributed by atoms with Gasteiger partial charge in [-0.15, -0.1) is 0 Å². The Kier molecular flexibility index (Phi) is 8.96. The molecule has 2 aliphatic rings. The molecule has 1 saturated carbocycles. The van der Waals surface area contributed by atoms with Crippen LogP contribution in [0.15, 0.2) is 48.5 Å². The van der Waals surface area contributed by atoms with Crippen molar-refractivity contribution in [3.05, 3.63) is 70.8 Å². The van der Waals surface area contributed by atoms with Crippen molar-refractivity contribution in [1.29, 1.82) is 5.26 Å². The molecule has 1 aliphatic heterocycles. The lowest BCUT2D eigenvalue weighted by atomic mass is 10.1. The highest BCUT2D eigenvalue weighted by atomic mass is 16.2. The van der Waals surface area contributed by atoms with Gasteiger partial charge in [-0.3, -0.25) is 14.5 Å². The zero-order chi connectivity index (χ0) is 26.4. The van der Waals surface area contributed by atoms with Crippen molar-refractivity contribution < 1.29 is 9.59 Å². The van der Waals surface area contributed by atoms with Gasteiger partial charge < -0.3 is 15.5 Å². The van der Waals surface area contributed by atoms with Gasteiger partial charge in [0.1, 0.15) is 6.04 Å². The van der Waals surface area contributed by atoms with E-state index in [1.165, 1.54) is 11.1 Å². The molecule has 37 heavy (non-hydrogen) atoms. The van der Waals surface area contributed by atoms with Gasteiger partial charge in [0.25, 0.3) is 5.91 Å². The first-order valence-corrected chi connectivity index (χ1v) is 13.5. The number of carbonyl (C=O) groups excluding carboxylic acids is 2. The van der Waals surface area contributed by atoms with Gasteiger partial charge >= 0.3 is 0 Å². The Morgan fingerprint density at radius 2 is 1.70 bits per heavy atom. The molecule has 1 heterocycles. The molecule has 2 aromatic rings. The van der Waals surface area contributed by atoms with Crippen LogP contribution < -0.4 is 10.6 Å². The number of nitrogens with zero attached hydrogens (tertiary/aromatic N) is 3. The molecule has 7 nitrogen and oxygen atoms in total. The predicted octanol–water partition coefficient (Wildman–Crippen LogP) is 3.44. The van der Waals surface area contributed by atoms with E-state index < -0.39 is 6.04 Å². The first-order valence-electron chi connectivity index (χ1n) is 13.5. The van der Waals surface area contributed by atoms with Gasteiger partial charge in [0.15, 0.2) is 0 Å². The topological polar surface area (TPSA) is 88.5 Å². The highest BCUT2D eigenvalue weighted by molar-refractivity contribution is 5.97. The number of benzene rings is 2. The predicted molar refractivity (Wildman–Crippen MR) is 145 cm³/mol. The lowest BCUT2D eigenvalue weighted by Crippen LogP contribution is -2.56. The average molecular weight is 502 g/mol. The molecule has 0 unspecified atom stereocenters. The maximum atomic E-state index is 13.5. The van der Waals surface area contributed by atoms with Gasteiger partial charge in [-0.2, -0.15) is 5.26 Å². The summed E-state index contributed by atoms with van der Waals surface area (Å²) < 4.78 is 0. The van der Waals surface area contributed by atoms with Crippen LogP contribution in [0.2, 0.25) is 0 Å². The molecular weight excluding hydrogens is 462 g/mol. The maximum absolute atomic E-state index is 13.5. The Hall–Kier alpha value is -3.21. The Morgan fingerprint density at radius 1 is 1.03 bits per heavy atom. The highest BCUT2D eigenvalue weighted by Crippen LogP contribution is 2.40. The molecule has 1 saturated heterocycles. The number of aryl methyl sites for hydroxylation is 1. The van der Waals surface area contributed by atoms with E-state index in [9.17, 15) is 9.59 Å². The zero-order valence-corrected chi connectivity index (χ0v) is 22.2. The molecule has 1 aliphatic carbocycles. The number of hydrogen-bond acceptors (Lipinski definition) is 5. The standard InChI is InChI=1S/C30H39N5O2/c1-21(2)34-15-17-35(18-16-34)30(37)27(33-29(36)25-12-8-23(20-31)9-13-25)5-4-14-32-28-19-26(28)24-10-6-22(3)7-11-24/h6-13,21,26-28,32H,4-5,14-19H2,1-3H3,(H,33,36)/t26-,27-,28+/m0/s1. The van der Waals surface area contributed by atoms with Crippen molar-refractivity contribution in [2.75, 3.05) is 32.7 Å². The Bertz CT molecular complexity index is 1100. The van der Waals surface area contributed by atoms with Gasteiger partial charge in [-0.05, 0) is 76.4 Å². The SMILES string of the molecule is Cc1ccc([C@@H]2C[C@H]2NCCC[C@H](NC(=O)c2ccc(C#N)cc2)C(=O)N2CCN(C(C)C)CC2)cc1. The van der Waals surface area contributed by atoms with Crippen molar-refractivity contribution in [3.63, 3.8) is 0 Å². The van der Waals surface area contributed by atoms with Crippen LogP contribution in [0.25, 0.3) is 0 Å². The smallest absolute Gasteiger partial charge is 0.251 e. The molecule has 3 atom stereocenters. The van der Waals surface area contributed by atoms with Crippen LogP contribution in [0.3, 0.4) is 0 Å². The second-order valence-electron chi connectivity index (χ2n) is 10.6. The van der Waals surface area contributed by atoms with Gasteiger partial charge in [-0.1, -0.05) is 29.8 Å². The first kappa shape index (κ1) is 26.8. The molecule has 7 heteroatoms. The van der Waals surface area contributed by atoms with E-state index >= 15 is 0 Å². The molecule has 0 aromatic heterocycles. The van der Waals surface area contributed by atoms with Crippen LogP contribution in [0.5, 0.6) is 0 Å². The molecule has 196 valence electrons. The van der Waals surface area contributed by atoms with Crippen LogP contribution >= 0.6 is 0 Å². The molecule has 2 amide bonds. The summed E-state index contributed by atoms with van der Waals surface area (Å²) in [5.74, 6) is 0.277. The summed E-state index contributed by atoms with van der Waals surface area (Å²) in [5, 5.41) is 15.7. The highest BCUT2D eigenvalue weighted by Gasteiger charge is 2.37. The molecule has 4 rings (SSSR count). The van der Waals surface area contributed by atoms with Crippen LogP contribution in [-0.2, 0) is 4.79 Å². The van der Waals surface area contributed by atoms with Crippen LogP contribution in [0, 0.1) is 18.3 Å². The number of amides is 2. The van der Waals surface area contributed by atoms with E-state index in [0.29, 0.717) is 48.6 Å². The van der Waals surface area contributed by atoms with E-state index in [0.717, 1.165) is 32.5 Å². The fourth-order valence-electron chi connectivity index (χ4n) is 5.07. The third-order valence-electron chi connectivity index (χ3n) is 7.61. The summed E-state index contributed by atoms with van der Waals surface area (Å²) in [5.41, 5.74) is 3.62. The Balaban J connectivity index is 1.32. The number of piperazine rings is 1. The molecular formula is C30H39N5O2. The summed E-state index contributed by atoms with van der Waals surface area (Å²) >= 11 is 0. The van der Waals surface area contributed by atoms with Crippen molar-refractivity contribution >= 4 is 11.8 Å². The van der Waals surface area contributed by atoms with Gasteiger partial charge in [0.05, 0.1) is 11.6 Å². The molecule has 0 spiro atoms. The fourth-order valence-corrected chi connectivity index (χ4v) is 5.07. The van der Waals surface area contributed by atoms with Crippen molar-refractivity contribution in [2.24, 2.45) is 0 Å². The Morgan fingerprint density at radius 3 is 2.32 bits per heavy atom. The molecule has 2 N–H and O–H groups in total. The molecule has 2 aromatic carbocycles. The second kappa shape index (κ2) is 12.4. The van der Waals surface area contributed by atoms with E-state index in [1.54, 1.807) is 24.3 Å². The number of nitrogens with one attached hydrogen (secondary N) is 2. The minimum absolute atomic E-state index is 0.00523. The third-order valence-corrected chi connectivity index (χ3v) is 7.61.